The summed E-state index contributed by atoms with van der Waals surface area (Å²) in [5.41, 5.74) is 1.11. The first kappa shape index (κ1) is 27.3. The Labute approximate surface area is 202 Å². The Hall–Kier alpha value is -2.93. The summed E-state index contributed by atoms with van der Waals surface area (Å²) in [6.07, 6.45) is 9.40. The van der Waals surface area contributed by atoms with Crippen molar-refractivity contribution in [3.05, 3.63) is 48.1 Å². The third-order valence-electron chi connectivity index (χ3n) is 5.67. The molecule has 1 aliphatic carbocycles. The fourth-order valence-corrected chi connectivity index (χ4v) is 3.77. The van der Waals surface area contributed by atoms with Crippen LogP contribution in [0.25, 0.3) is 6.08 Å². The van der Waals surface area contributed by atoms with E-state index in [0.29, 0.717) is 11.3 Å². The molecule has 0 atom stereocenters. The van der Waals surface area contributed by atoms with E-state index < -0.39 is 11.9 Å². The molecule has 1 saturated carbocycles. The van der Waals surface area contributed by atoms with Crippen molar-refractivity contribution in [2.45, 2.75) is 52.4 Å². The minimum Gasteiger partial charge on any atom is -0.460 e. The Morgan fingerprint density at radius 2 is 1.62 bits per heavy atom. The predicted octanol–water partition coefficient (Wildman–Crippen LogP) is 4.89. The van der Waals surface area contributed by atoms with E-state index in [1.54, 1.807) is 37.3 Å². The highest BCUT2D eigenvalue weighted by Gasteiger charge is 2.27. The number of carbonyl (C=O) groups excluding carboxylic acids is 3. The summed E-state index contributed by atoms with van der Waals surface area (Å²) in [4.78, 5) is 35.4. The van der Waals surface area contributed by atoms with Crippen molar-refractivity contribution in [2.24, 2.45) is 11.8 Å². The molecular weight excluding hydrogens is 436 g/mol. The maximum absolute atomic E-state index is 12.4. The molecule has 1 aromatic carbocycles. The monoisotopic (exact) mass is 472 g/mol. The van der Waals surface area contributed by atoms with Gasteiger partial charge >= 0.3 is 17.9 Å². The number of esters is 3. The van der Waals surface area contributed by atoms with Gasteiger partial charge in [0.15, 0.2) is 0 Å². The van der Waals surface area contributed by atoms with E-state index >= 15 is 0 Å². The zero-order valence-corrected chi connectivity index (χ0v) is 20.3. The van der Waals surface area contributed by atoms with Gasteiger partial charge in [-0.05, 0) is 62.3 Å². The predicted molar refractivity (Wildman–Crippen MR) is 129 cm³/mol. The third-order valence-corrected chi connectivity index (χ3v) is 5.67. The molecular formula is C27H36O7. The Balaban J connectivity index is 1.62. The van der Waals surface area contributed by atoms with Crippen LogP contribution in [-0.2, 0) is 28.6 Å². The van der Waals surface area contributed by atoms with Gasteiger partial charge in [0.1, 0.15) is 19.0 Å². The zero-order valence-electron chi connectivity index (χ0n) is 20.3. The van der Waals surface area contributed by atoms with Crippen LogP contribution in [-0.4, -0.2) is 44.3 Å². The Bertz CT molecular complexity index is 833. The maximum Gasteiger partial charge on any atom is 0.333 e. The van der Waals surface area contributed by atoms with Gasteiger partial charge in [-0.3, -0.25) is 4.79 Å². The Morgan fingerprint density at radius 3 is 2.24 bits per heavy atom. The summed E-state index contributed by atoms with van der Waals surface area (Å²) in [7, 11) is 0. The lowest BCUT2D eigenvalue weighted by Gasteiger charge is -2.26. The molecule has 2 rings (SSSR count). The lowest BCUT2D eigenvalue weighted by atomic mass is 9.80. The summed E-state index contributed by atoms with van der Waals surface area (Å²) >= 11 is 0. The molecule has 0 radical (unpaired) electrons. The smallest absolute Gasteiger partial charge is 0.333 e. The topological polar surface area (TPSA) is 88.1 Å². The summed E-state index contributed by atoms with van der Waals surface area (Å²) in [6, 6.07) is 7.00. The van der Waals surface area contributed by atoms with Crippen molar-refractivity contribution in [2.75, 3.05) is 26.4 Å². The lowest BCUT2D eigenvalue weighted by molar-refractivity contribution is -0.142. The van der Waals surface area contributed by atoms with Crippen LogP contribution in [0, 0.1) is 11.8 Å². The van der Waals surface area contributed by atoms with Crippen molar-refractivity contribution >= 4 is 24.0 Å². The van der Waals surface area contributed by atoms with Crippen molar-refractivity contribution in [3.8, 4) is 5.75 Å². The summed E-state index contributed by atoms with van der Waals surface area (Å²) in [5, 5.41) is 0. The fraction of sp³-hybridized carbons (Fsp3) is 0.519. The van der Waals surface area contributed by atoms with Gasteiger partial charge in [0.2, 0.25) is 0 Å². The average molecular weight is 473 g/mol. The maximum atomic E-state index is 12.4. The first-order valence-electron chi connectivity index (χ1n) is 12.0. The minimum absolute atomic E-state index is 0.0159. The average Bonchev–Trinajstić information content (AvgIpc) is 2.83. The molecule has 1 aromatic rings. The SMILES string of the molecule is C=C(C)C(=O)OCCOCCOC(=O)/C=C/c1ccc(OC(=O)C2CCC(CCC)CC2)cc1. The largest absolute Gasteiger partial charge is 0.460 e. The van der Waals surface area contributed by atoms with E-state index in [1.807, 2.05) is 0 Å². The molecule has 0 aliphatic heterocycles. The normalized spacial score (nSPS) is 17.8. The van der Waals surface area contributed by atoms with Crippen LogP contribution in [0.15, 0.2) is 42.5 Å². The van der Waals surface area contributed by atoms with E-state index in [-0.39, 0.29) is 38.3 Å². The third kappa shape index (κ3) is 10.3. The number of hydrogen-bond acceptors (Lipinski definition) is 7. The van der Waals surface area contributed by atoms with Crippen LogP contribution in [0.2, 0.25) is 0 Å². The molecule has 0 amide bonds. The fourth-order valence-electron chi connectivity index (χ4n) is 3.77. The van der Waals surface area contributed by atoms with Crippen LogP contribution >= 0.6 is 0 Å². The van der Waals surface area contributed by atoms with Crippen molar-refractivity contribution in [3.63, 3.8) is 0 Å². The molecule has 0 saturated heterocycles. The highest BCUT2D eigenvalue weighted by atomic mass is 16.6. The first-order valence-corrected chi connectivity index (χ1v) is 12.0. The van der Waals surface area contributed by atoms with Gasteiger partial charge < -0.3 is 18.9 Å². The van der Waals surface area contributed by atoms with Gasteiger partial charge in [-0.25, -0.2) is 9.59 Å². The second-order valence-corrected chi connectivity index (χ2v) is 8.53. The van der Waals surface area contributed by atoms with E-state index in [4.69, 9.17) is 18.9 Å². The lowest BCUT2D eigenvalue weighted by Crippen LogP contribution is -2.25. The van der Waals surface area contributed by atoms with E-state index in [0.717, 1.165) is 37.2 Å². The molecule has 0 spiro atoms. The molecule has 1 fully saturated rings. The van der Waals surface area contributed by atoms with E-state index in [9.17, 15) is 14.4 Å². The van der Waals surface area contributed by atoms with Gasteiger partial charge in [-0.15, -0.1) is 0 Å². The van der Waals surface area contributed by atoms with Crippen LogP contribution in [0.5, 0.6) is 5.75 Å². The van der Waals surface area contributed by atoms with Gasteiger partial charge in [-0.2, -0.15) is 0 Å². The summed E-state index contributed by atoms with van der Waals surface area (Å²) in [5.74, 6) is 0.127. The Morgan fingerprint density at radius 1 is 0.971 bits per heavy atom. The Kier molecular flexibility index (Phi) is 12.1. The second kappa shape index (κ2) is 15.1. The number of ether oxygens (including phenoxy) is 4. The molecule has 0 heterocycles. The number of carbonyl (C=O) groups is 3. The molecule has 1 aliphatic rings. The molecule has 0 N–H and O–H groups in total. The molecule has 0 bridgehead atoms. The molecule has 186 valence electrons. The van der Waals surface area contributed by atoms with Gasteiger partial charge in [0.25, 0.3) is 0 Å². The van der Waals surface area contributed by atoms with Crippen LogP contribution < -0.4 is 4.74 Å². The van der Waals surface area contributed by atoms with Gasteiger partial charge in [-0.1, -0.05) is 38.5 Å². The second-order valence-electron chi connectivity index (χ2n) is 8.53. The van der Waals surface area contributed by atoms with E-state index in [2.05, 4.69) is 13.5 Å². The van der Waals surface area contributed by atoms with Crippen molar-refractivity contribution in [1.29, 1.82) is 0 Å². The minimum atomic E-state index is -0.494. The summed E-state index contributed by atoms with van der Waals surface area (Å²) in [6.45, 7) is 7.87. The molecule has 7 nitrogen and oxygen atoms in total. The van der Waals surface area contributed by atoms with Gasteiger partial charge in [0.05, 0.1) is 19.1 Å². The molecule has 34 heavy (non-hydrogen) atoms. The number of benzene rings is 1. The zero-order chi connectivity index (χ0) is 24.8. The highest BCUT2D eigenvalue weighted by Crippen LogP contribution is 2.32. The standard InChI is InChI=1S/C27H36O7/c1-4-5-21-6-11-23(12-7-21)27(30)34-24-13-8-22(9-14-24)10-15-25(28)32-18-16-31-17-19-33-26(29)20(2)3/h8-10,13-15,21,23H,2,4-7,11-12,16-19H2,1,3H3/b15-10+. The van der Waals surface area contributed by atoms with E-state index in [1.165, 1.54) is 18.9 Å². The molecule has 7 heteroatoms. The quantitative estimate of drug-likeness (QED) is 0.175. The van der Waals surface area contributed by atoms with Crippen LogP contribution in [0.4, 0.5) is 0 Å². The van der Waals surface area contributed by atoms with Gasteiger partial charge in [0, 0.05) is 11.6 Å². The van der Waals surface area contributed by atoms with Crippen LogP contribution in [0.3, 0.4) is 0 Å². The molecule has 0 aromatic heterocycles. The van der Waals surface area contributed by atoms with Crippen molar-refractivity contribution < 1.29 is 33.3 Å². The molecule has 0 unspecified atom stereocenters. The van der Waals surface area contributed by atoms with Crippen molar-refractivity contribution in [1.82, 2.24) is 0 Å². The number of rotatable bonds is 13. The van der Waals surface area contributed by atoms with Crippen LogP contribution in [0.1, 0.15) is 57.9 Å². The summed E-state index contributed by atoms with van der Waals surface area (Å²) < 4.78 is 20.7. The first-order chi connectivity index (χ1) is 16.4. The number of hydrogen-bond donors (Lipinski definition) is 0. The highest BCUT2D eigenvalue weighted by molar-refractivity contribution is 5.87.